The van der Waals surface area contributed by atoms with Crippen LogP contribution < -0.4 is 10.2 Å². The topological polar surface area (TPSA) is 45.2 Å². The van der Waals surface area contributed by atoms with Crippen molar-refractivity contribution in [1.29, 1.82) is 0 Å². The zero-order chi connectivity index (χ0) is 15.4. The van der Waals surface area contributed by atoms with Crippen LogP contribution in [-0.4, -0.2) is 24.0 Å². The molecule has 1 N–H and O–H groups in total. The van der Waals surface area contributed by atoms with Crippen molar-refractivity contribution in [2.45, 2.75) is 26.3 Å². The number of carbonyl (C=O) groups is 1. The largest absolute Gasteiger partial charge is 0.356 e. The van der Waals surface area contributed by atoms with Crippen molar-refractivity contribution in [2.24, 2.45) is 0 Å². The first-order chi connectivity index (χ1) is 10.7. The molecule has 0 aliphatic carbocycles. The summed E-state index contributed by atoms with van der Waals surface area (Å²) in [7, 11) is 0. The number of hydrogen-bond acceptors (Lipinski definition) is 3. The summed E-state index contributed by atoms with van der Waals surface area (Å²) in [5, 5.41) is 2.99. The normalized spacial score (nSPS) is 14.1. The minimum absolute atomic E-state index is 0.0597. The molecule has 114 valence electrons. The number of hydrogen-bond donors (Lipinski definition) is 1. The molecule has 22 heavy (non-hydrogen) atoms. The molecule has 1 fully saturated rings. The number of aryl methyl sites for hydroxylation is 1. The highest BCUT2D eigenvalue weighted by atomic mass is 16.1. The molecule has 1 aliphatic heterocycles. The predicted molar refractivity (Wildman–Crippen MR) is 88.0 cm³/mol. The van der Waals surface area contributed by atoms with E-state index in [9.17, 15) is 4.79 Å². The van der Waals surface area contributed by atoms with Crippen molar-refractivity contribution in [1.82, 2.24) is 10.3 Å². The molecule has 1 aromatic heterocycles. The van der Waals surface area contributed by atoms with E-state index in [0.29, 0.717) is 12.1 Å². The molecule has 0 bridgehead atoms. The molecule has 1 aromatic carbocycles. The van der Waals surface area contributed by atoms with Crippen LogP contribution in [0.25, 0.3) is 0 Å². The maximum atomic E-state index is 12.5. The molecule has 1 aliphatic rings. The number of anilines is 1. The van der Waals surface area contributed by atoms with Gasteiger partial charge in [0.2, 0.25) is 0 Å². The van der Waals surface area contributed by atoms with E-state index in [0.717, 1.165) is 24.5 Å². The molecule has 0 spiro atoms. The number of pyridine rings is 1. The molecule has 3 rings (SSSR count). The van der Waals surface area contributed by atoms with Crippen molar-refractivity contribution in [3.8, 4) is 0 Å². The summed E-state index contributed by atoms with van der Waals surface area (Å²) < 4.78 is 0. The maximum absolute atomic E-state index is 12.5. The summed E-state index contributed by atoms with van der Waals surface area (Å²) in [6, 6.07) is 11.9. The molecule has 2 aromatic rings. The number of amides is 1. The summed E-state index contributed by atoms with van der Waals surface area (Å²) in [6.07, 6.45) is 4.09. The van der Waals surface area contributed by atoms with E-state index >= 15 is 0 Å². The van der Waals surface area contributed by atoms with Gasteiger partial charge in [-0.15, -0.1) is 0 Å². The Hall–Kier alpha value is -2.36. The smallest absolute Gasteiger partial charge is 0.255 e. The lowest BCUT2D eigenvalue weighted by Gasteiger charge is -2.19. The van der Waals surface area contributed by atoms with Crippen molar-refractivity contribution in [2.75, 3.05) is 18.0 Å². The van der Waals surface area contributed by atoms with Gasteiger partial charge in [0.25, 0.3) is 5.91 Å². The zero-order valence-electron chi connectivity index (χ0n) is 12.9. The highest BCUT2D eigenvalue weighted by Crippen LogP contribution is 2.21. The Labute approximate surface area is 131 Å². The number of benzene rings is 1. The quantitative estimate of drug-likeness (QED) is 0.943. The van der Waals surface area contributed by atoms with Gasteiger partial charge < -0.3 is 10.2 Å². The standard InChI is InChI=1S/C18H21N3O/c1-14-6-8-15(9-7-14)13-20-18(22)16-5-4-10-19-17(16)21-11-2-3-12-21/h4-10H,2-3,11-13H2,1H3,(H,20,22). The number of carbonyl (C=O) groups excluding carboxylic acids is 1. The Morgan fingerprint density at radius 1 is 1.18 bits per heavy atom. The molecular formula is C18H21N3O. The Kier molecular flexibility index (Phi) is 4.37. The van der Waals surface area contributed by atoms with Gasteiger partial charge in [-0.3, -0.25) is 4.79 Å². The summed E-state index contributed by atoms with van der Waals surface area (Å²) >= 11 is 0. The van der Waals surface area contributed by atoms with E-state index in [-0.39, 0.29) is 5.91 Å². The fourth-order valence-corrected chi connectivity index (χ4v) is 2.74. The van der Waals surface area contributed by atoms with Gasteiger partial charge in [-0.1, -0.05) is 29.8 Å². The van der Waals surface area contributed by atoms with Crippen LogP contribution in [0, 0.1) is 6.92 Å². The molecular weight excluding hydrogens is 274 g/mol. The van der Waals surface area contributed by atoms with Gasteiger partial charge in [0.15, 0.2) is 0 Å². The van der Waals surface area contributed by atoms with E-state index < -0.39 is 0 Å². The highest BCUT2D eigenvalue weighted by molar-refractivity contribution is 5.98. The molecule has 0 unspecified atom stereocenters. The van der Waals surface area contributed by atoms with Crippen LogP contribution in [0.4, 0.5) is 5.82 Å². The second kappa shape index (κ2) is 6.60. The second-order valence-electron chi connectivity index (χ2n) is 5.74. The molecule has 2 heterocycles. The average molecular weight is 295 g/mol. The second-order valence-corrected chi connectivity index (χ2v) is 5.74. The Morgan fingerprint density at radius 2 is 1.91 bits per heavy atom. The summed E-state index contributed by atoms with van der Waals surface area (Å²) in [5.74, 6) is 0.747. The van der Waals surface area contributed by atoms with E-state index in [1.165, 1.54) is 18.4 Å². The van der Waals surface area contributed by atoms with E-state index in [4.69, 9.17) is 0 Å². The van der Waals surface area contributed by atoms with Crippen molar-refractivity contribution >= 4 is 11.7 Å². The van der Waals surface area contributed by atoms with Crippen LogP contribution in [0.1, 0.15) is 34.3 Å². The molecule has 4 heteroatoms. The third-order valence-corrected chi connectivity index (χ3v) is 4.01. The molecule has 0 saturated carbocycles. The first kappa shape index (κ1) is 14.6. The van der Waals surface area contributed by atoms with Crippen LogP contribution in [0.5, 0.6) is 0 Å². The Balaban J connectivity index is 1.70. The summed E-state index contributed by atoms with van der Waals surface area (Å²) in [6.45, 7) is 4.55. The monoisotopic (exact) mass is 295 g/mol. The molecule has 1 amide bonds. The van der Waals surface area contributed by atoms with Gasteiger partial charge in [0.1, 0.15) is 5.82 Å². The lowest BCUT2D eigenvalue weighted by Crippen LogP contribution is -2.27. The molecule has 0 atom stereocenters. The van der Waals surface area contributed by atoms with Crippen molar-refractivity contribution in [3.63, 3.8) is 0 Å². The number of rotatable bonds is 4. The van der Waals surface area contributed by atoms with Gasteiger partial charge in [-0.05, 0) is 37.5 Å². The fraction of sp³-hybridized carbons (Fsp3) is 0.333. The van der Waals surface area contributed by atoms with Crippen LogP contribution in [-0.2, 0) is 6.54 Å². The van der Waals surface area contributed by atoms with Crippen LogP contribution >= 0.6 is 0 Å². The Morgan fingerprint density at radius 3 is 2.64 bits per heavy atom. The lowest BCUT2D eigenvalue weighted by atomic mass is 10.1. The van der Waals surface area contributed by atoms with E-state index in [2.05, 4.69) is 34.3 Å². The average Bonchev–Trinajstić information content (AvgIpc) is 3.08. The maximum Gasteiger partial charge on any atom is 0.255 e. The third kappa shape index (κ3) is 3.27. The minimum Gasteiger partial charge on any atom is -0.356 e. The molecule has 1 saturated heterocycles. The number of aromatic nitrogens is 1. The summed E-state index contributed by atoms with van der Waals surface area (Å²) in [4.78, 5) is 19.1. The van der Waals surface area contributed by atoms with E-state index in [1.54, 1.807) is 6.20 Å². The van der Waals surface area contributed by atoms with Gasteiger partial charge in [-0.2, -0.15) is 0 Å². The highest BCUT2D eigenvalue weighted by Gasteiger charge is 2.20. The van der Waals surface area contributed by atoms with Gasteiger partial charge in [0, 0.05) is 25.8 Å². The lowest BCUT2D eigenvalue weighted by molar-refractivity contribution is 0.0951. The minimum atomic E-state index is -0.0597. The van der Waals surface area contributed by atoms with Crippen LogP contribution in [0.15, 0.2) is 42.6 Å². The zero-order valence-corrected chi connectivity index (χ0v) is 12.9. The van der Waals surface area contributed by atoms with Gasteiger partial charge in [0.05, 0.1) is 5.56 Å². The number of nitrogens with zero attached hydrogens (tertiary/aromatic N) is 2. The first-order valence-corrected chi connectivity index (χ1v) is 7.78. The van der Waals surface area contributed by atoms with Gasteiger partial charge >= 0.3 is 0 Å². The molecule has 4 nitrogen and oxygen atoms in total. The van der Waals surface area contributed by atoms with Gasteiger partial charge in [-0.25, -0.2) is 4.98 Å². The van der Waals surface area contributed by atoms with Crippen molar-refractivity contribution < 1.29 is 4.79 Å². The number of nitrogens with one attached hydrogen (secondary N) is 1. The van der Waals surface area contributed by atoms with Crippen molar-refractivity contribution in [3.05, 3.63) is 59.3 Å². The molecule has 0 radical (unpaired) electrons. The third-order valence-electron chi connectivity index (χ3n) is 4.01. The first-order valence-electron chi connectivity index (χ1n) is 7.78. The van der Waals surface area contributed by atoms with E-state index in [1.807, 2.05) is 24.3 Å². The SMILES string of the molecule is Cc1ccc(CNC(=O)c2cccnc2N2CCCC2)cc1. The predicted octanol–water partition coefficient (Wildman–Crippen LogP) is 2.92. The van der Waals surface area contributed by atoms with Crippen LogP contribution in [0.2, 0.25) is 0 Å². The Bertz CT molecular complexity index is 646. The fourth-order valence-electron chi connectivity index (χ4n) is 2.74. The summed E-state index contributed by atoms with van der Waals surface area (Å²) in [5.41, 5.74) is 2.99. The van der Waals surface area contributed by atoms with Crippen LogP contribution in [0.3, 0.4) is 0 Å².